The second-order valence-electron chi connectivity index (χ2n) is 4.48. The SMILES string of the molecule is O=C(NCC(F)F)[C@@]12CCC[C@@H]1CNC2. The van der Waals surface area contributed by atoms with Crippen LogP contribution in [0.15, 0.2) is 0 Å². The number of alkyl halides is 2. The Labute approximate surface area is 87.6 Å². The van der Waals surface area contributed by atoms with Crippen LogP contribution in [0, 0.1) is 11.3 Å². The van der Waals surface area contributed by atoms with Gasteiger partial charge in [-0.3, -0.25) is 4.79 Å². The van der Waals surface area contributed by atoms with Crippen LogP contribution in [-0.4, -0.2) is 32.0 Å². The minimum Gasteiger partial charge on any atom is -0.350 e. The summed E-state index contributed by atoms with van der Waals surface area (Å²) in [6.07, 6.45) is 0.447. The van der Waals surface area contributed by atoms with Crippen molar-refractivity contribution in [3.05, 3.63) is 0 Å². The van der Waals surface area contributed by atoms with Gasteiger partial charge in [0.1, 0.15) is 0 Å². The van der Waals surface area contributed by atoms with Gasteiger partial charge in [0.05, 0.1) is 12.0 Å². The normalized spacial score (nSPS) is 34.5. The molecule has 1 aliphatic carbocycles. The number of carbonyl (C=O) groups excluding carboxylic acids is 1. The Morgan fingerprint density at radius 3 is 3.13 bits per heavy atom. The molecule has 0 unspecified atom stereocenters. The Bertz CT molecular complexity index is 248. The maximum absolute atomic E-state index is 12.0. The Hall–Kier alpha value is -0.710. The molecule has 1 saturated heterocycles. The average molecular weight is 218 g/mol. The summed E-state index contributed by atoms with van der Waals surface area (Å²) in [5, 5.41) is 5.54. The minimum absolute atomic E-state index is 0.185. The Morgan fingerprint density at radius 2 is 2.40 bits per heavy atom. The highest BCUT2D eigenvalue weighted by Crippen LogP contribution is 2.45. The number of rotatable bonds is 3. The molecule has 0 bridgehead atoms. The van der Waals surface area contributed by atoms with Crippen molar-refractivity contribution in [1.82, 2.24) is 10.6 Å². The maximum atomic E-state index is 12.0. The zero-order valence-corrected chi connectivity index (χ0v) is 8.56. The molecule has 2 atom stereocenters. The van der Waals surface area contributed by atoms with Crippen LogP contribution in [0.25, 0.3) is 0 Å². The van der Waals surface area contributed by atoms with E-state index in [4.69, 9.17) is 0 Å². The summed E-state index contributed by atoms with van der Waals surface area (Å²) in [6, 6.07) is 0. The molecule has 15 heavy (non-hydrogen) atoms. The van der Waals surface area contributed by atoms with Gasteiger partial charge in [0.25, 0.3) is 6.43 Å². The van der Waals surface area contributed by atoms with E-state index in [-0.39, 0.29) is 5.91 Å². The summed E-state index contributed by atoms with van der Waals surface area (Å²) in [6.45, 7) is 0.974. The van der Waals surface area contributed by atoms with Gasteiger partial charge >= 0.3 is 0 Å². The van der Waals surface area contributed by atoms with E-state index in [1.54, 1.807) is 0 Å². The Morgan fingerprint density at radius 1 is 1.60 bits per heavy atom. The second-order valence-corrected chi connectivity index (χ2v) is 4.48. The summed E-state index contributed by atoms with van der Waals surface area (Å²) in [5.74, 6) is 0.158. The topological polar surface area (TPSA) is 41.1 Å². The van der Waals surface area contributed by atoms with Crippen molar-refractivity contribution in [1.29, 1.82) is 0 Å². The summed E-state index contributed by atoms with van der Waals surface area (Å²) in [4.78, 5) is 11.9. The third kappa shape index (κ3) is 1.85. The third-order valence-corrected chi connectivity index (χ3v) is 3.66. The number of amides is 1. The van der Waals surface area contributed by atoms with Gasteiger partial charge in [0.15, 0.2) is 0 Å². The first-order valence-electron chi connectivity index (χ1n) is 5.42. The summed E-state index contributed by atoms with van der Waals surface area (Å²) in [7, 11) is 0. The molecule has 2 fully saturated rings. The molecule has 1 aliphatic heterocycles. The Balaban J connectivity index is 1.98. The molecule has 0 spiro atoms. The minimum atomic E-state index is -2.46. The molecule has 3 nitrogen and oxygen atoms in total. The fourth-order valence-corrected chi connectivity index (χ4v) is 2.87. The summed E-state index contributed by atoms with van der Waals surface area (Å²) >= 11 is 0. The lowest BCUT2D eigenvalue weighted by Gasteiger charge is -2.26. The van der Waals surface area contributed by atoms with Gasteiger partial charge in [-0.1, -0.05) is 6.42 Å². The number of halogens is 2. The number of hydrogen-bond acceptors (Lipinski definition) is 2. The standard InChI is InChI=1S/C10H16F2N2O/c11-8(12)5-14-9(15)10-3-1-2-7(10)4-13-6-10/h7-8,13H,1-6H2,(H,14,15)/t7-,10-/m1/s1. The molecule has 0 radical (unpaired) electrons. The lowest BCUT2D eigenvalue weighted by atomic mass is 9.80. The largest absolute Gasteiger partial charge is 0.350 e. The van der Waals surface area contributed by atoms with Crippen LogP contribution in [0.5, 0.6) is 0 Å². The molecule has 2 N–H and O–H groups in total. The van der Waals surface area contributed by atoms with Crippen LogP contribution in [0.4, 0.5) is 8.78 Å². The van der Waals surface area contributed by atoms with E-state index in [1.165, 1.54) is 0 Å². The Kier molecular flexibility index (Phi) is 2.91. The molecular formula is C10H16F2N2O. The first-order chi connectivity index (χ1) is 7.15. The predicted molar refractivity (Wildman–Crippen MR) is 51.7 cm³/mol. The molecule has 5 heteroatoms. The zero-order chi connectivity index (χ0) is 10.9. The molecule has 2 rings (SSSR count). The van der Waals surface area contributed by atoms with Crippen LogP contribution < -0.4 is 10.6 Å². The van der Waals surface area contributed by atoms with Gasteiger partial charge < -0.3 is 10.6 Å². The van der Waals surface area contributed by atoms with E-state index in [9.17, 15) is 13.6 Å². The van der Waals surface area contributed by atoms with Gasteiger partial charge in [-0.05, 0) is 25.3 Å². The number of hydrogen-bond donors (Lipinski definition) is 2. The van der Waals surface area contributed by atoms with Crippen molar-refractivity contribution >= 4 is 5.91 Å². The van der Waals surface area contributed by atoms with Crippen molar-refractivity contribution in [2.45, 2.75) is 25.7 Å². The molecule has 0 aromatic rings. The highest BCUT2D eigenvalue weighted by atomic mass is 19.3. The van der Waals surface area contributed by atoms with Crippen molar-refractivity contribution in [3.8, 4) is 0 Å². The number of fused-ring (bicyclic) bond motifs is 1. The maximum Gasteiger partial charge on any atom is 0.255 e. The first-order valence-corrected chi connectivity index (χ1v) is 5.42. The number of carbonyl (C=O) groups is 1. The van der Waals surface area contributed by atoms with Crippen LogP contribution in [0.2, 0.25) is 0 Å². The molecule has 2 aliphatic rings. The molecule has 86 valence electrons. The quantitative estimate of drug-likeness (QED) is 0.734. The molecule has 1 saturated carbocycles. The zero-order valence-electron chi connectivity index (χ0n) is 8.56. The lowest BCUT2D eigenvalue weighted by Crippen LogP contribution is -2.45. The average Bonchev–Trinajstić information content (AvgIpc) is 2.72. The fraction of sp³-hybridized carbons (Fsp3) is 0.900. The van der Waals surface area contributed by atoms with E-state index in [0.717, 1.165) is 25.8 Å². The van der Waals surface area contributed by atoms with Crippen LogP contribution in [0.3, 0.4) is 0 Å². The van der Waals surface area contributed by atoms with Gasteiger partial charge in [-0.25, -0.2) is 8.78 Å². The van der Waals surface area contributed by atoms with Crippen molar-refractivity contribution in [2.24, 2.45) is 11.3 Å². The van der Waals surface area contributed by atoms with E-state index in [1.807, 2.05) is 0 Å². The van der Waals surface area contributed by atoms with Gasteiger partial charge in [-0.2, -0.15) is 0 Å². The summed E-state index contributed by atoms with van der Waals surface area (Å²) < 4.78 is 24.0. The lowest BCUT2D eigenvalue weighted by molar-refractivity contribution is -0.131. The van der Waals surface area contributed by atoms with Crippen molar-refractivity contribution < 1.29 is 13.6 Å². The van der Waals surface area contributed by atoms with Crippen molar-refractivity contribution in [3.63, 3.8) is 0 Å². The molecule has 0 aromatic heterocycles. The van der Waals surface area contributed by atoms with Gasteiger partial charge in [0.2, 0.25) is 5.91 Å². The van der Waals surface area contributed by atoms with Crippen LogP contribution in [0.1, 0.15) is 19.3 Å². The fourth-order valence-electron chi connectivity index (χ4n) is 2.87. The highest BCUT2D eigenvalue weighted by Gasteiger charge is 2.51. The molecular weight excluding hydrogens is 202 g/mol. The highest BCUT2D eigenvalue weighted by molar-refractivity contribution is 5.84. The van der Waals surface area contributed by atoms with E-state index in [2.05, 4.69) is 10.6 Å². The first kappa shape index (κ1) is 10.8. The van der Waals surface area contributed by atoms with Crippen LogP contribution in [-0.2, 0) is 4.79 Å². The van der Waals surface area contributed by atoms with E-state index >= 15 is 0 Å². The van der Waals surface area contributed by atoms with Gasteiger partial charge in [-0.15, -0.1) is 0 Å². The van der Waals surface area contributed by atoms with E-state index in [0.29, 0.717) is 12.5 Å². The van der Waals surface area contributed by atoms with Gasteiger partial charge in [0, 0.05) is 6.54 Å². The molecule has 0 aromatic carbocycles. The molecule has 1 amide bonds. The second kappa shape index (κ2) is 4.04. The smallest absolute Gasteiger partial charge is 0.255 e. The number of nitrogens with one attached hydrogen (secondary N) is 2. The van der Waals surface area contributed by atoms with Crippen molar-refractivity contribution in [2.75, 3.05) is 19.6 Å². The summed E-state index contributed by atoms with van der Waals surface area (Å²) in [5.41, 5.74) is -0.394. The van der Waals surface area contributed by atoms with E-state index < -0.39 is 18.4 Å². The van der Waals surface area contributed by atoms with Crippen LogP contribution >= 0.6 is 0 Å². The predicted octanol–water partition coefficient (Wildman–Crippen LogP) is 0.757. The monoisotopic (exact) mass is 218 g/mol. The molecule has 1 heterocycles. The third-order valence-electron chi connectivity index (χ3n) is 3.66.